The molecule has 0 spiro atoms. The highest BCUT2D eigenvalue weighted by atomic mass is 19.3. The van der Waals surface area contributed by atoms with E-state index in [2.05, 4.69) is 0 Å². The molecular weight excluding hydrogens is 383 g/mol. The quantitative estimate of drug-likeness (QED) is 0.374. The standard InChI is InChI=1S/C12H6BF12/c14-5-1-3-7(16,11(22,23)9(5,18)19)13-8(17)4-2-6(15)10(20,21)12(8,24)25/h1-6H. The van der Waals surface area contributed by atoms with Crippen molar-refractivity contribution in [2.45, 2.75) is 47.2 Å². The van der Waals surface area contributed by atoms with Gasteiger partial charge in [-0.2, -0.15) is 35.1 Å². The average Bonchev–Trinajstić information content (AvgIpc) is 2.46. The molecule has 4 atom stereocenters. The van der Waals surface area contributed by atoms with E-state index in [-0.39, 0.29) is 0 Å². The van der Waals surface area contributed by atoms with Crippen LogP contribution in [0.1, 0.15) is 0 Å². The zero-order valence-corrected chi connectivity index (χ0v) is 11.6. The van der Waals surface area contributed by atoms with Gasteiger partial charge in [0.05, 0.1) is 0 Å². The van der Waals surface area contributed by atoms with Crippen LogP contribution in [0.15, 0.2) is 24.3 Å². The van der Waals surface area contributed by atoms with E-state index in [0.29, 0.717) is 0 Å². The molecule has 4 unspecified atom stereocenters. The number of allylic oxidation sites excluding steroid dienone is 4. The summed E-state index contributed by atoms with van der Waals surface area (Å²) in [7, 11) is -1.44. The topological polar surface area (TPSA) is 0 Å². The van der Waals surface area contributed by atoms with Gasteiger partial charge in [-0.15, -0.1) is 0 Å². The highest BCUT2D eigenvalue weighted by Crippen LogP contribution is 2.56. The van der Waals surface area contributed by atoms with Gasteiger partial charge in [0.25, 0.3) is 0 Å². The molecule has 0 aromatic carbocycles. The Morgan fingerprint density at radius 2 is 0.840 bits per heavy atom. The Hall–Kier alpha value is -1.30. The van der Waals surface area contributed by atoms with Crippen LogP contribution < -0.4 is 0 Å². The molecule has 2 aliphatic rings. The van der Waals surface area contributed by atoms with Crippen LogP contribution in [0, 0.1) is 0 Å². The maximum Gasteiger partial charge on any atom is 0.346 e. The highest BCUT2D eigenvalue weighted by molar-refractivity contribution is 6.46. The fraction of sp³-hybridized carbons (Fsp3) is 0.667. The Morgan fingerprint density at radius 3 is 1.12 bits per heavy atom. The first-order valence-electron chi connectivity index (χ1n) is 6.39. The van der Waals surface area contributed by atoms with Gasteiger partial charge in [0.15, 0.2) is 23.5 Å². The molecule has 0 aromatic heterocycles. The Kier molecular flexibility index (Phi) is 4.10. The molecular formula is C12H6BF12. The van der Waals surface area contributed by atoms with Crippen LogP contribution in [0.3, 0.4) is 0 Å². The molecule has 0 fully saturated rings. The van der Waals surface area contributed by atoms with E-state index in [0.717, 1.165) is 0 Å². The second-order valence-corrected chi connectivity index (χ2v) is 5.60. The third kappa shape index (κ3) is 2.32. The van der Waals surface area contributed by atoms with Crippen LogP contribution in [-0.2, 0) is 0 Å². The Labute approximate surface area is 132 Å². The minimum absolute atomic E-state index is 0.488. The lowest BCUT2D eigenvalue weighted by molar-refractivity contribution is -0.275. The van der Waals surface area contributed by atoms with Gasteiger partial charge in [-0.3, -0.25) is 0 Å². The van der Waals surface area contributed by atoms with Crippen LogP contribution in [0.4, 0.5) is 52.7 Å². The summed E-state index contributed by atoms with van der Waals surface area (Å²) in [6, 6.07) is 0. The van der Waals surface area contributed by atoms with Crippen molar-refractivity contribution in [3.63, 3.8) is 0 Å². The van der Waals surface area contributed by atoms with Crippen LogP contribution in [-0.4, -0.2) is 54.4 Å². The Balaban J connectivity index is 2.54. The summed E-state index contributed by atoms with van der Waals surface area (Å²) in [6.07, 6.45) is -9.82. The molecule has 0 aromatic rings. The summed E-state index contributed by atoms with van der Waals surface area (Å²) in [5.41, 5.74) is -10.1. The zero-order valence-electron chi connectivity index (χ0n) is 11.6. The molecule has 0 amide bonds. The summed E-state index contributed by atoms with van der Waals surface area (Å²) in [5.74, 6) is -23.8. The van der Waals surface area contributed by atoms with Gasteiger partial charge in [-0.25, -0.2) is 17.6 Å². The second-order valence-electron chi connectivity index (χ2n) is 5.60. The molecule has 13 heteroatoms. The lowest BCUT2D eigenvalue weighted by atomic mass is 9.44. The van der Waals surface area contributed by atoms with E-state index in [4.69, 9.17) is 0 Å². The van der Waals surface area contributed by atoms with E-state index in [1.165, 1.54) is 0 Å². The first-order valence-corrected chi connectivity index (χ1v) is 6.39. The summed E-state index contributed by atoms with van der Waals surface area (Å²) in [6.45, 7) is 0. The molecule has 0 heterocycles. The summed E-state index contributed by atoms with van der Waals surface area (Å²) >= 11 is 0. The molecule has 2 aliphatic carbocycles. The predicted molar refractivity (Wildman–Crippen MR) is 61.3 cm³/mol. The minimum Gasteiger partial charge on any atom is -0.243 e. The van der Waals surface area contributed by atoms with Crippen LogP contribution in [0.5, 0.6) is 0 Å². The maximum atomic E-state index is 14.3. The van der Waals surface area contributed by atoms with Crippen molar-refractivity contribution >= 4 is 7.28 Å². The van der Waals surface area contributed by atoms with Crippen LogP contribution >= 0.6 is 0 Å². The molecule has 0 N–H and O–H groups in total. The normalized spacial score (nSPS) is 43.7. The lowest BCUT2D eigenvalue weighted by Gasteiger charge is -2.45. The van der Waals surface area contributed by atoms with Crippen molar-refractivity contribution in [3.05, 3.63) is 24.3 Å². The van der Waals surface area contributed by atoms with Gasteiger partial charge < -0.3 is 0 Å². The van der Waals surface area contributed by atoms with E-state index >= 15 is 0 Å². The molecule has 1 radical (unpaired) electrons. The molecule has 0 nitrogen and oxygen atoms in total. The third-order valence-electron chi connectivity index (χ3n) is 3.93. The van der Waals surface area contributed by atoms with E-state index in [1.807, 2.05) is 0 Å². The number of rotatable bonds is 2. The van der Waals surface area contributed by atoms with E-state index in [9.17, 15) is 52.7 Å². The SMILES string of the molecule is FC1C=CC(F)([B]C2(F)C=CC(F)C(F)(F)C2(F)F)C(F)(F)C1(F)F. The van der Waals surface area contributed by atoms with Crippen molar-refractivity contribution in [1.29, 1.82) is 0 Å². The van der Waals surface area contributed by atoms with Crippen molar-refractivity contribution in [2.75, 3.05) is 0 Å². The smallest absolute Gasteiger partial charge is 0.243 e. The van der Waals surface area contributed by atoms with Crippen LogP contribution in [0.2, 0.25) is 0 Å². The van der Waals surface area contributed by atoms with Crippen molar-refractivity contribution in [1.82, 2.24) is 0 Å². The number of halogens is 12. The number of hydrogen-bond acceptors (Lipinski definition) is 0. The predicted octanol–water partition coefficient (Wildman–Crippen LogP) is 4.38. The minimum atomic E-state index is -6.10. The molecule has 0 saturated heterocycles. The molecule has 0 bridgehead atoms. The molecule has 0 aliphatic heterocycles. The first kappa shape index (κ1) is 20.0. The van der Waals surface area contributed by atoms with Gasteiger partial charge in [0.1, 0.15) is 0 Å². The largest absolute Gasteiger partial charge is 0.346 e. The van der Waals surface area contributed by atoms with E-state index < -0.39 is 78.8 Å². The second kappa shape index (κ2) is 5.12. The number of alkyl halides is 12. The molecule has 141 valence electrons. The van der Waals surface area contributed by atoms with Gasteiger partial charge >= 0.3 is 23.7 Å². The van der Waals surface area contributed by atoms with Crippen molar-refractivity contribution in [2.24, 2.45) is 0 Å². The summed E-state index contributed by atoms with van der Waals surface area (Å²) in [4.78, 5) is 0. The first-order chi connectivity index (χ1) is 11.0. The molecule has 25 heavy (non-hydrogen) atoms. The maximum absolute atomic E-state index is 14.3. The van der Waals surface area contributed by atoms with Gasteiger partial charge in [-0.05, 0) is 12.2 Å². The van der Waals surface area contributed by atoms with Crippen molar-refractivity contribution < 1.29 is 52.7 Å². The highest BCUT2D eigenvalue weighted by Gasteiger charge is 2.80. The fourth-order valence-electron chi connectivity index (χ4n) is 2.34. The van der Waals surface area contributed by atoms with Gasteiger partial charge in [0, 0.05) is 0 Å². The Morgan fingerprint density at radius 1 is 0.560 bits per heavy atom. The lowest BCUT2D eigenvalue weighted by Crippen LogP contribution is -2.72. The van der Waals surface area contributed by atoms with Gasteiger partial charge in [0.2, 0.25) is 7.28 Å². The monoisotopic (exact) mass is 389 g/mol. The van der Waals surface area contributed by atoms with Gasteiger partial charge in [-0.1, -0.05) is 12.2 Å². The summed E-state index contributed by atoms with van der Waals surface area (Å²) in [5, 5.41) is 0. The molecule has 0 saturated carbocycles. The van der Waals surface area contributed by atoms with Crippen LogP contribution in [0.25, 0.3) is 0 Å². The van der Waals surface area contributed by atoms with Crippen molar-refractivity contribution in [3.8, 4) is 0 Å². The molecule has 2 rings (SSSR count). The Bertz CT molecular complexity index is 561. The summed E-state index contributed by atoms with van der Waals surface area (Å²) < 4.78 is 161. The zero-order chi connectivity index (χ0) is 19.7. The fourth-order valence-corrected chi connectivity index (χ4v) is 2.34. The third-order valence-corrected chi connectivity index (χ3v) is 3.93. The van der Waals surface area contributed by atoms with E-state index in [1.54, 1.807) is 0 Å². The number of hydrogen-bond donors (Lipinski definition) is 0. The average molecular weight is 389 g/mol.